The molecular formula is C15H29N5O5S. The minimum atomic E-state index is -1.46. The standard InChI is InChI=1S/C15H29N5O5S/c1-26-7-5-9(17)13(22)19-10(4-2-3-6-16)14(23)20-11(15(24)25)8-12(18)21/h9-11H,2-8,16-17H2,1H3,(H2,18,21)(H,19,22)(H,20,23)(H,24,25)/t9-,10-,11-/m0/s1. The highest BCUT2D eigenvalue weighted by molar-refractivity contribution is 7.98. The lowest BCUT2D eigenvalue weighted by Crippen LogP contribution is -2.55. The minimum Gasteiger partial charge on any atom is -0.480 e. The largest absolute Gasteiger partial charge is 0.480 e. The van der Waals surface area contributed by atoms with Crippen molar-refractivity contribution in [2.75, 3.05) is 18.6 Å². The van der Waals surface area contributed by atoms with Crippen LogP contribution in [0.3, 0.4) is 0 Å². The van der Waals surface area contributed by atoms with Crippen molar-refractivity contribution in [1.29, 1.82) is 0 Å². The number of rotatable bonds is 14. The number of carbonyl (C=O) groups is 4. The van der Waals surface area contributed by atoms with E-state index < -0.39 is 48.2 Å². The van der Waals surface area contributed by atoms with Crippen LogP contribution in [0.15, 0.2) is 0 Å². The van der Waals surface area contributed by atoms with Crippen molar-refractivity contribution in [2.24, 2.45) is 17.2 Å². The lowest BCUT2D eigenvalue weighted by atomic mass is 10.1. The number of primary amides is 1. The normalized spacial score (nSPS) is 14.1. The van der Waals surface area contributed by atoms with Crippen LogP contribution in [0.4, 0.5) is 0 Å². The number of nitrogens with two attached hydrogens (primary N) is 3. The van der Waals surface area contributed by atoms with Crippen LogP contribution in [0.1, 0.15) is 32.1 Å². The number of carboxylic acids is 1. The van der Waals surface area contributed by atoms with Gasteiger partial charge in [-0.05, 0) is 44.2 Å². The molecule has 0 aromatic rings. The summed E-state index contributed by atoms with van der Waals surface area (Å²) in [5.74, 6) is -2.76. The highest BCUT2D eigenvalue weighted by atomic mass is 32.2. The predicted octanol–water partition coefficient (Wildman–Crippen LogP) is -1.87. The van der Waals surface area contributed by atoms with Crippen molar-refractivity contribution in [3.05, 3.63) is 0 Å². The number of carboxylic acid groups (broad SMARTS) is 1. The third-order valence-corrected chi connectivity index (χ3v) is 4.21. The average Bonchev–Trinajstić information content (AvgIpc) is 2.57. The fraction of sp³-hybridized carbons (Fsp3) is 0.733. The maximum Gasteiger partial charge on any atom is 0.326 e. The molecule has 0 saturated heterocycles. The van der Waals surface area contributed by atoms with E-state index in [1.165, 1.54) is 0 Å². The second kappa shape index (κ2) is 13.4. The molecule has 0 aromatic carbocycles. The molecule has 0 aromatic heterocycles. The van der Waals surface area contributed by atoms with Crippen LogP contribution >= 0.6 is 11.8 Å². The summed E-state index contributed by atoms with van der Waals surface area (Å²) in [5.41, 5.74) is 16.2. The van der Waals surface area contributed by atoms with Crippen LogP contribution in [0, 0.1) is 0 Å². The summed E-state index contributed by atoms with van der Waals surface area (Å²) >= 11 is 1.54. The molecule has 0 fully saturated rings. The van der Waals surface area contributed by atoms with Gasteiger partial charge in [-0.2, -0.15) is 11.8 Å². The zero-order valence-electron chi connectivity index (χ0n) is 14.9. The number of hydrogen-bond donors (Lipinski definition) is 6. The molecule has 0 spiro atoms. The number of hydrogen-bond acceptors (Lipinski definition) is 7. The molecule has 10 nitrogen and oxygen atoms in total. The van der Waals surface area contributed by atoms with E-state index in [2.05, 4.69) is 10.6 Å². The Bertz CT molecular complexity index is 491. The topological polar surface area (TPSA) is 191 Å². The smallest absolute Gasteiger partial charge is 0.326 e. The van der Waals surface area contributed by atoms with Gasteiger partial charge in [0.25, 0.3) is 0 Å². The Balaban J connectivity index is 4.96. The molecule has 0 aliphatic heterocycles. The Morgan fingerprint density at radius 2 is 1.65 bits per heavy atom. The fourth-order valence-corrected chi connectivity index (χ4v) is 2.58. The maximum absolute atomic E-state index is 12.4. The van der Waals surface area contributed by atoms with Gasteiger partial charge in [0.2, 0.25) is 17.7 Å². The molecule has 3 atom stereocenters. The summed E-state index contributed by atoms with van der Waals surface area (Å²) in [7, 11) is 0. The van der Waals surface area contributed by atoms with E-state index in [9.17, 15) is 19.2 Å². The lowest BCUT2D eigenvalue weighted by Gasteiger charge is -2.22. The van der Waals surface area contributed by atoms with E-state index in [0.717, 1.165) is 0 Å². The Kier molecular flexibility index (Phi) is 12.4. The van der Waals surface area contributed by atoms with Gasteiger partial charge in [0.1, 0.15) is 12.1 Å². The number of amides is 3. The van der Waals surface area contributed by atoms with E-state index in [-0.39, 0.29) is 6.42 Å². The zero-order valence-corrected chi connectivity index (χ0v) is 15.7. The molecule has 0 unspecified atom stereocenters. The predicted molar refractivity (Wildman–Crippen MR) is 99.2 cm³/mol. The molecule has 0 heterocycles. The Labute approximate surface area is 157 Å². The van der Waals surface area contributed by atoms with Crippen molar-refractivity contribution in [3.63, 3.8) is 0 Å². The molecule has 0 bridgehead atoms. The first kappa shape index (κ1) is 24.1. The number of thioether (sulfide) groups is 1. The summed E-state index contributed by atoms with van der Waals surface area (Å²) in [4.78, 5) is 46.6. The first-order valence-electron chi connectivity index (χ1n) is 8.29. The van der Waals surface area contributed by atoms with E-state index >= 15 is 0 Å². The quantitative estimate of drug-likeness (QED) is 0.185. The van der Waals surface area contributed by atoms with Gasteiger partial charge in [-0.3, -0.25) is 14.4 Å². The van der Waals surface area contributed by atoms with Crippen molar-refractivity contribution >= 4 is 35.5 Å². The van der Waals surface area contributed by atoms with Gasteiger partial charge in [0, 0.05) is 0 Å². The molecule has 9 N–H and O–H groups in total. The van der Waals surface area contributed by atoms with E-state index in [1.54, 1.807) is 11.8 Å². The van der Waals surface area contributed by atoms with E-state index in [1.807, 2.05) is 6.26 Å². The molecule has 0 aliphatic carbocycles. The SMILES string of the molecule is CSCC[C@H](N)C(=O)N[C@@H](CCCCN)C(=O)N[C@@H](CC(N)=O)C(=O)O. The first-order chi connectivity index (χ1) is 12.2. The van der Waals surface area contributed by atoms with Gasteiger partial charge < -0.3 is 32.9 Å². The molecule has 0 aliphatic rings. The van der Waals surface area contributed by atoms with Gasteiger partial charge in [-0.25, -0.2) is 4.79 Å². The summed E-state index contributed by atoms with van der Waals surface area (Å²) < 4.78 is 0. The van der Waals surface area contributed by atoms with Gasteiger partial charge in [0.05, 0.1) is 12.5 Å². The highest BCUT2D eigenvalue weighted by Crippen LogP contribution is 2.05. The van der Waals surface area contributed by atoms with Gasteiger partial charge >= 0.3 is 5.97 Å². The van der Waals surface area contributed by atoms with Gasteiger partial charge in [-0.15, -0.1) is 0 Å². The van der Waals surface area contributed by atoms with Crippen LogP contribution < -0.4 is 27.8 Å². The third-order valence-electron chi connectivity index (χ3n) is 3.57. The fourth-order valence-electron chi connectivity index (χ4n) is 2.09. The maximum atomic E-state index is 12.4. The van der Waals surface area contributed by atoms with Gasteiger partial charge in [0.15, 0.2) is 0 Å². The summed E-state index contributed by atoms with van der Waals surface area (Å²) in [6, 6.07) is -3.20. The van der Waals surface area contributed by atoms with Crippen molar-refractivity contribution in [3.8, 4) is 0 Å². The number of nitrogens with one attached hydrogen (secondary N) is 2. The van der Waals surface area contributed by atoms with Crippen LogP contribution in [-0.2, 0) is 19.2 Å². The Morgan fingerprint density at radius 1 is 1.04 bits per heavy atom. The molecule has 3 amide bonds. The lowest BCUT2D eigenvalue weighted by molar-refractivity contribution is -0.143. The van der Waals surface area contributed by atoms with Crippen molar-refractivity contribution in [2.45, 2.75) is 50.2 Å². The second-order valence-corrected chi connectivity index (χ2v) is 6.79. The minimum absolute atomic E-state index is 0.271. The summed E-state index contributed by atoms with van der Waals surface area (Å²) in [5, 5.41) is 13.9. The zero-order chi connectivity index (χ0) is 20.1. The second-order valence-electron chi connectivity index (χ2n) is 5.80. The molecular weight excluding hydrogens is 362 g/mol. The van der Waals surface area contributed by atoms with Crippen LogP contribution in [0.5, 0.6) is 0 Å². The number of aliphatic carboxylic acids is 1. The molecule has 150 valence electrons. The van der Waals surface area contributed by atoms with Crippen molar-refractivity contribution < 1.29 is 24.3 Å². The van der Waals surface area contributed by atoms with Gasteiger partial charge in [-0.1, -0.05) is 0 Å². The number of unbranched alkanes of at least 4 members (excludes halogenated alkanes) is 1. The molecule has 0 radical (unpaired) electrons. The van der Waals surface area contributed by atoms with E-state index in [4.69, 9.17) is 22.3 Å². The van der Waals surface area contributed by atoms with Crippen LogP contribution in [0.2, 0.25) is 0 Å². The molecule has 0 saturated carbocycles. The highest BCUT2D eigenvalue weighted by Gasteiger charge is 2.28. The van der Waals surface area contributed by atoms with Crippen LogP contribution in [0.25, 0.3) is 0 Å². The van der Waals surface area contributed by atoms with Crippen LogP contribution in [-0.4, -0.2) is 65.5 Å². The van der Waals surface area contributed by atoms with E-state index in [0.29, 0.717) is 31.6 Å². The molecule has 11 heteroatoms. The first-order valence-corrected chi connectivity index (χ1v) is 9.68. The average molecular weight is 391 g/mol. The van der Waals surface area contributed by atoms with Crippen molar-refractivity contribution in [1.82, 2.24) is 10.6 Å². The Morgan fingerprint density at radius 3 is 2.15 bits per heavy atom. The molecule has 0 rings (SSSR count). The number of carbonyl (C=O) groups excluding carboxylic acids is 3. The summed E-state index contributed by atoms with van der Waals surface area (Å²) in [6.07, 6.45) is 3.26. The monoisotopic (exact) mass is 391 g/mol. The third kappa shape index (κ3) is 10.2. The Hall–Kier alpha value is -1.85. The summed E-state index contributed by atoms with van der Waals surface area (Å²) in [6.45, 7) is 0.426. The molecule has 26 heavy (non-hydrogen) atoms.